The summed E-state index contributed by atoms with van der Waals surface area (Å²) in [4.78, 5) is 16.0. The van der Waals surface area contributed by atoms with Gasteiger partial charge in [-0.2, -0.15) is 23.3 Å². The Balaban J connectivity index is 1.81. The zero-order chi connectivity index (χ0) is 19.8. The lowest BCUT2D eigenvalue weighted by molar-refractivity contribution is -0.136. The number of fused-ring (bicyclic) bond motifs is 1. The van der Waals surface area contributed by atoms with E-state index in [1.54, 1.807) is 24.3 Å². The molecule has 0 aliphatic carbocycles. The van der Waals surface area contributed by atoms with Gasteiger partial charge >= 0.3 is 6.18 Å². The summed E-state index contributed by atoms with van der Waals surface area (Å²) >= 11 is 5.76. The van der Waals surface area contributed by atoms with E-state index in [9.17, 15) is 18.0 Å². The molecule has 1 N–H and O–H groups in total. The normalized spacial score (nSPS) is 11.6. The third-order valence-electron chi connectivity index (χ3n) is 3.73. The molecule has 0 unspecified atom stereocenters. The highest BCUT2D eigenvalue weighted by Gasteiger charge is 2.35. The number of amides is 1. The molecule has 0 radical (unpaired) electrons. The largest absolute Gasteiger partial charge is 0.467 e. The average Bonchev–Trinajstić information content (AvgIpc) is 2.88. The zero-order valence-corrected chi connectivity index (χ0v) is 15.0. The molecule has 0 aliphatic rings. The maximum Gasteiger partial charge on any atom is 0.417 e. The summed E-state index contributed by atoms with van der Waals surface area (Å²) in [5, 5.41) is 6.93. The Morgan fingerprint density at radius 1 is 1.30 bits per heavy atom. The Labute approximate surface area is 156 Å². The maximum absolute atomic E-state index is 13.4. The van der Waals surface area contributed by atoms with E-state index in [1.807, 2.05) is 0 Å². The Hall–Kier alpha value is -2.81. The molecule has 2 aromatic heterocycles. The molecule has 1 aromatic carbocycles. The van der Waals surface area contributed by atoms with Gasteiger partial charge in [-0.25, -0.2) is 0 Å². The van der Waals surface area contributed by atoms with E-state index in [0.29, 0.717) is 10.7 Å². The molecule has 0 fully saturated rings. The van der Waals surface area contributed by atoms with Crippen LogP contribution in [0, 0.1) is 6.92 Å². The van der Waals surface area contributed by atoms with E-state index in [0.717, 1.165) is 6.07 Å². The molecule has 6 nitrogen and oxygen atoms in total. The molecular weight excluding hydrogens is 385 g/mol. The summed E-state index contributed by atoms with van der Waals surface area (Å²) in [5.74, 6) is -0.863. The fourth-order valence-corrected chi connectivity index (χ4v) is 2.72. The van der Waals surface area contributed by atoms with Gasteiger partial charge in [0.1, 0.15) is 0 Å². The zero-order valence-electron chi connectivity index (χ0n) is 14.3. The number of carbonyl (C=O) groups is 1. The molecule has 0 aliphatic heterocycles. The molecule has 1 amide bonds. The predicted octanol–water partition coefficient (Wildman–Crippen LogP) is 3.97. The second-order valence-corrected chi connectivity index (χ2v) is 6.19. The summed E-state index contributed by atoms with van der Waals surface area (Å²) in [5.41, 5.74) is -0.198. The number of hydrogen-bond donors (Lipinski definition) is 1. The average molecular weight is 399 g/mol. The SMILES string of the molecule is Cc1nn(C)c2nc(OCC(=O)Nc3ccc(Cl)cc3)cc(C(F)(F)F)c12. The first-order chi connectivity index (χ1) is 12.6. The van der Waals surface area contributed by atoms with Gasteiger partial charge in [0.05, 0.1) is 16.6 Å². The second kappa shape index (κ2) is 7.07. The van der Waals surface area contributed by atoms with Crippen molar-refractivity contribution < 1.29 is 22.7 Å². The van der Waals surface area contributed by atoms with Crippen LogP contribution in [0.2, 0.25) is 5.02 Å². The predicted molar refractivity (Wildman–Crippen MR) is 93.8 cm³/mol. The number of hydrogen-bond acceptors (Lipinski definition) is 4. The van der Waals surface area contributed by atoms with Gasteiger partial charge < -0.3 is 10.1 Å². The lowest BCUT2D eigenvalue weighted by Gasteiger charge is -2.12. The number of aromatic nitrogens is 3. The van der Waals surface area contributed by atoms with Crippen molar-refractivity contribution >= 4 is 34.2 Å². The van der Waals surface area contributed by atoms with E-state index in [2.05, 4.69) is 15.4 Å². The Bertz CT molecular complexity index is 1000. The number of pyridine rings is 1. The van der Waals surface area contributed by atoms with E-state index in [-0.39, 0.29) is 22.6 Å². The third kappa shape index (κ3) is 4.13. The van der Waals surface area contributed by atoms with Gasteiger partial charge in [0, 0.05) is 23.8 Å². The van der Waals surface area contributed by atoms with Crippen LogP contribution in [0.3, 0.4) is 0 Å². The summed E-state index contributed by atoms with van der Waals surface area (Å²) in [6.07, 6.45) is -4.61. The molecule has 0 bridgehead atoms. The van der Waals surface area contributed by atoms with Crippen molar-refractivity contribution in [2.75, 3.05) is 11.9 Å². The van der Waals surface area contributed by atoms with Crippen LogP contribution < -0.4 is 10.1 Å². The number of nitrogens with zero attached hydrogens (tertiary/aromatic N) is 3. The van der Waals surface area contributed by atoms with Crippen LogP contribution in [0.4, 0.5) is 18.9 Å². The van der Waals surface area contributed by atoms with Gasteiger partial charge in [0.2, 0.25) is 5.88 Å². The van der Waals surface area contributed by atoms with Crippen molar-refractivity contribution in [2.24, 2.45) is 7.05 Å². The fraction of sp³-hybridized carbons (Fsp3) is 0.235. The van der Waals surface area contributed by atoms with Crippen molar-refractivity contribution in [1.29, 1.82) is 0 Å². The number of rotatable bonds is 4. The molecule has 2 heterocycles. The van der Waals surface area contributed by atoms with Crippen LogP contribution in [-0.4, -0.2) is 27.3 Å². The Morgan fingerprint density at radius 2 is 1.96 bits per heavy atom. The summed E-state index contributed by atoms with van der Waals surface area (Å²) in [7, 11) is 1.49. The van der Waals surface area contributed by atoms with Gasteiger partial charge in [0.15, 0.2) is 12.3 Å². The van der Waals surface area contributed by atoms with Gasteiger partial charge in [0.25, 0.3) is 5.91 Å². The summed E-state index contributed by atoms with van der Waals surface area (Å²) in [6, 6.07) is 7.13. The first-order valence-electron chi connectivity index (χ1n) is 7.75. The molecule has 3 rings (SSSR count). The molecule has 0 saturated carbocycles. The van der Waals surface area contributed by atoms with Crippen LogP contribution in [0.1, 0.15) is 11.3 Å². The lowest BCUT2D eigenvalue weighted by Crippen LogP contribution is -2.20. The van der Waals surface area contributed by atoms with E-state index in [1.165, 1.54) is 18.7 Å². The topological polar surface area (TPSA) is 69.0 Å². The Morgan fingerprint density at radius 3 is 2.59 bits per heavy atom. The Kier molecular flexibility index (Phi) is 4.97. The van der Waals surface area contributed by atoms with Crippen LogP contribution >= 0.6 is 11.6 Å². The molecule has 0 saturated heterocycles. The second-order valence-electron chi connectivity index (χ2n) is 5.76. The number of alkyl halides is 3. The van der Waals surface area contributed by atoms with Crippen LogP contribution in [0.25, 0.3) is 11.0 Å². The molecular formula is C17H14ClF3N4O2. The number of halogens is 4. The van der Waals surface area contributed by atoms with E-state index < -0.39 is 24.3 Å². The van der Waals surface area contributed by atoms with Crippen molar-refractivity contribution in [3.8, 4) is 5.88 Å². The number of ether oxygens (including phenoxy) is 1. The number of nitrogens with one attached hydrogen (secondary N) is 1. The van der Waals surface area contributed by atoms with Crippen molar-refractivity contribution in [1.82, 2.24) is 14.8 Å². The standard InChI is InChI=1S/C17H14ClF3N4O2/c1-9-15-12(17(19,20)21)7-14(23-16(15)25(2)24-9)27-8-13(26)22-11-5-3-10(18)4-6-11/h3-7H,8H2,1-2H3,(H,22,26). The van der Waals surface area contributed by atoms with Crippen LogP contribution in [0.5, 0.6) is 5.88 Å². The third-order valence-corrected chi connectivity index (χ3v) is 3.98. The number of aryl methyl sites for hydroxylation is 2. The molecule has 27 heavy (non-hydrogen) atoms. The quantitative estimate of drug-likeness (QED) is 0.722. The minimum Gasteiger partial charge on any atom is -0.467 e. The first-order valence-corrected chi connectivity index (χ1v) is 8.12. The van der Waals surface area contributed by atoms with E-state index >= 15 is 0 Å². The highest BCUT2D eigenvalue weighted by Crippen LogP contribution is 2.37. The summed E-state index contributed by atoms with van der Waals surface area (Å²) in [6.45, 7) is 0.967. The molecule has 0 atom stereocenters. The molecule has 3 aromatic rings. The fourth-order valence-electron chi connectivity index (χ4n) is 2.59. The highest BCUT2D eigenvalue weighted by atomic mass is 35.5. The van der Waals surface area contributed by atoms with Gasteiger partial charge in [-0.3, -0.25) is 9.48 Å². The molecule has 0 spiro atoms. The van der Waals surface area contributed by atoms with Crippen molar-refractivity contribution in [3.63, 3.8) is 0 Å². The highest BCUT2D eigenvalue weighted by molar-refractivity contribution is 6.30. The van der Waals surface area contributed by atoms with E-state index in [4.69, 9.17) is 16.3 Å². The van der Waals surface area contributed by atoms with Crippen LogP contribution in [0.15, 0.2) is 30.3 Å². The van der Waals surface area contributed by atoms with Crippen LogP contribution in [-0.2, 0) is 18.0 Å². The van der Waals surface area contributed by atoms with Gasteiger partial charge in [-0.05, 0) is 31.2 Å². The molecule has 10 heteroatoms. The number of anilines is 1. The smallest absolute Gasteiger partial charge is 0.417 e. The minimum absolute atomic E-state index is 0.0236. The van der Waals surface area contributed by atoms with Gasteiger partial charge in [-0.1, -0.05) is 11.6 Å². The number of benzene rings is 1. The number of carbonyl (C=O) groups excluding carboxylic acids is 1. The van der Waals surface area contributed by atoms with Gasteiger partial charge in [-0.15, -0.1) is 0 Å². The lowest BCUT2D eigenvalue weighted by atomic mass is 10.1. The maximum atomic E-state index is 13.4. The minimum atomic E-state index is -4.61. The first kappa shape index (κ1) is 19.0. The molecule has 142 valence electrons. The van der Waals surface area contributed by atoms with Crippen molar-refractivity contribution in [3.05, 3.63) is 46.6 Å². The monoisotopic (exact) mass is 398 g/mol. The summed E-state index contributed by atoms with van der Waals surface area (Å²) < 4.78 is 46.6. The van der Waals surface area contributed by atoms with Crippen molar-refractivity contribution in [2.45, 2.75) is 13.1 Å².